The largest absolute Gasteiger partial charge is 0.465 e. The number of hydrogen-bond acceptors (Lipinski definition) is 4. The smallest absolute Gasteiger partial charge is 0.405 e. The SMILES string of the molecule is O=C(O)NC1(c2ccc(-c3c(-c4ccccc4)oc4c(ccc5[nH]ncc54)c3=O)cc2)CCC1. The standard InChI is InChI=1S/C27H21N3O4/c31-23-19-11-12-21-20(15-28-30-21)25(19)34-24(17-5-2-1-3-6-17)22(23)16-7-9-18(10-8-16)27(13-4-14-27)29-26(32)33/h1-3,5-12,15,29H,4,13-14H2,(H,28,30)(H,32,33). The van der Waals surface area contributed by atoms with E-state index in [4.69, 9.17) is 4.42 Å². The maximum atomic E-state index is 13.8. The molecule has 1 amide bonds. The number of rotatable bonds is 4. The molecule has 1 fully saturated rings. The predicted molar refractivity (Wildman–Crippen MR) is 130 cm³/mol. The monoisotopic (exact) mass is 451 g/mol. The maximum absolute atomic E-state index is 13.8. The van der Waals surface area contributed by atoms with Gasteiger partial charge in [0.05, 0.1) is 33.6 Å². The molecule has 0 unspecified atom stereocenters. The minimum absolute atomic E-state index is 0.127. The fourth-order valence-corrected chi connectivity index (χ4v) is 4.90. The van der Waals surface area contributed by atoms with Gasteiger partial charge in [0.1, 0.15) is 11.3 Å². The summed E-state index contributed by atoms with van der Waals surface area (Å²) < 4.78 is 6.42. The Morgan fingerprint density at radius 3 is 2.41 bits per heavy atom. The Hall–Kier alpha value is -4.39. The Labute approximate surface area is 194 Å². The quantitative estimate of drug-likeness (QED) is 0.327. The van der Waals surface area contributed by atoms with E-state index < -0.39 is 11.6 Å². The van der Waals surface area contributed by atoms with Gasteiger partial charge in [-0.1, -0.05) is 54.6 Å². The Bertz CT molecular complexity index is 1600. The van der Waals surface area contributed by atoms with Crippen LogP contribution in [0.25, 0.3) is 44.3 Å². The second kappa shape index (κ2) is 7.59. The Morgan fingerprint density at radius 1 is 0.971 bits per heavy atom. The third kappa shape index (κ3) is 3.08. The zero-order chi connectivity index (χ0) is 23.3. The number of carbonyl (C=O) groups is 1. The number of fused-ring (bicyclic) bond motifs is 3. The van der Waals surface area contributed by atoms with E-state index in [0.717, 1.165) is 46.9 Å². The zero-order valence-corrected chi connectivity index (χ0v) is 18.2. The van der Waals surface area contributed by atoms with Crippen LogP contribution in [-0.4, -0.2) is 21.4 Å². The Morgan fingerprint density at radius 2 is 1.74 bits per heavy atom. The third-order valence-corrected chi connectivity index (χ3v) is 6.79. The van der Waals surface area contributed by atoms with Gasteiger partial charge in [0, 0.05) is 5.56 Å². The first-order chi connectivity index (χ1) is 16.6. The summed E-state index contributed by atoms with van der Waals surface area (Å²) in [5.41, 5.74) is 3.49. The Balaban J connectivity index is 1.56. The van der Waals surface area contributed by atoms with E-state index in [1.165, 1.54) is 0 Å². The van der Waals surface area contributed by atoms with E-state index in [9.17, 15) is 14.7 Å². The first kappa shape index (κ1) is 20.2. The van der Waals surface area contributed by atoms with Gasteiger partial charge in [0.15, 0.2) is 0 Å². The number of carboxylic acid groups (broad SMARTS) is 1. The molecule has 1 aliphatic carbocycles. The second-order valence-electron chi connectivity index (χ2n) is 8.72. The van der Waals surface area contributed by atoms with Crippen molar-refractivity contribution in [3.05, 3.63) is 88.7 Å². The molecule has 6 rings (SSSR count). The highest BCUT2D eigenvalue weighted by Crippen LogP contribution is 2.42. The van der Waals surface area contributed by atoms with E-state index in [0.29, 0.717) is 22.3 Å². The molecule has 5 aromatic rings. The van der Waals surface area contributed by atoms with Gasteiger partial charge < -0.3 is 14.8 Å². The molecular formula is C27H21N3O4. The van der Waals surface area contributed by atoms with Gasteiger partial charge in [-0.15, -0.1) is 0 Å². The van der Waals surface area contributed by atoms with Crippen LogP contribution in [0.5, 0.6) is 0 Å². The molecule has 0 saturated heterocycles. The Kier molecular flexibility index (Phi) is 4.52. The molecule has 0 aliphatic heterocycles. The molecule has 7 nitrogen and oxygen atoms in total. The molecule has 2 heterocycles. The summed E-state index contributed by atoms with van der Waals surface area (Å²) >= 11 is 0. The summed E-state index contributed by atoms with van der Waals surface area (Å²) in [4.78, 5) is 25.1. The molecule has 3 aromatic carbocycles. The van der Waals surface area contributed by atoms with Crippen LogP contribution in [-0.2, 0) is 5.54 Å². The van der Waals surface area contributed by atoms with Crippen LogP contribution in [0.3, 0.4) is 0 Å². The van der Waals surface area contributed by atoms with Crippen LogP contribution in [0, 0.1) is 0 Å². The van der Waals surface area contributed by atoms with E-state index in [1.54, 1.807) is 12.3 Å². The van der Waals surface area contributed by atoms with Crippen molar-refractivity contribution in [1.29, 1.82) is 0 Å². The molecule has 34 heavy (non-hydrogen) atoms. The fourth-order valence-electron chi connectivity index (χ4n) is 4.90. The fraction of sp³-hybridized carbons (Fsp3) is 0.148. The molecular weight excluding hydrogens is 430 g/mol. The normalized spacial score (nSPS) is 14.7. The molecule has 168 valence electrons. The molecule has 1 aliphatic rings. The molecule has 7 heteroatoms. The maximum Gasteiger partial charge on any atom is 0.405 e. The number of hydrogen-bond donors (Lipinski definition) is 3. The molecule has 0 atom stereocenters. The average Bonchev–Trinajstić information content (AvgIpc) is 3.31. The average molecular weight is 451 g/mol. The van der Waals surface area contributed by atoms with Crippen molar-refractivity contribution in [3.63, 3.8) is 0 Å². The number of nitrogens with zero attached hydrogens (tertiary/aromatic N) is 1. The van der Waals surface area contributed by atoms with Crippen LogP contribution in [0.1, 0.15) is 24.8 Å². The summed E-state index contributed by atoms with van der Waals surface area (Å²) in [5, 5.41) is 20.2. The van der Waals surface area contributed by atoms with Crippen molar-refractivity contribution >= 4 is 28.0 Å². The van der Waals surface area contributed by atoms with Crippen LogP contribution in [0.4, 0.5) is 4.79 Å². The first-order valence-electron chi connectivity index (χ1n) is 11.2. The van der Waals surface area contributed by atoms with Gasteiger partial charge in [0.2, 0.25) is 5.43 Å². The van der Waals surface area contributed by atoms with Crippen LogP contribution < -0.4 is 10.7 Å². The van der Waals surface area contributed by atoms with Gasteiger partial charge in [-0.2, -0.15) is 5.10 Å². The number of benzene rings is 3. The van der Waals surface area contributed by atoms with Gasteiger partial charge in [-0.25, -0.2) is 4.79 Å². The van der Waals surface area contributed by atoms with Gasteiger partial charge in [-0.3, -0.25) is 9.89 Å². The first-order valence-corrected chi connectivity index (χ1v) is 11.2. The number of aromatic nitrogens is 2. The van der Waals surface area contributed by atoms with E-state index >= 15 is 0 Å². The zero-order valence-electron chi connectivity index (χ0n) is 18.2. The molecule has 0 bridgehead atoms. The van der Waals surface area contributed by atoms with Gasteiger partial charge in [-0.05, 0) is 42.5 Å². The lowest BCUT2D eigenvalue weighted by Gasteiger charge is -2.42. The molecule has 0 radical (unpaired) electrons. The number of H-pyrrole nitrogens is 1. The van der Waals surface area contributed by atoms with Crippen molar-refractivity contribution in [1.82, 2.24) is 15.5 Å². The molecule has 0 spiro atoms. The summed E-state index contributed by atoms with van der Waals surface area (Å²) in [7, 11) is 0. The van der Waals surface area contributed by atoms with E-state index in [-0.39, 0.29) is 5.43 Å². The van der Waals surface area contributed by atoms with Crippen molar-refractivity contribution in [3.8, 4) is 22.5 Å². The third-order valence-electron chi connectivity index (χ3n) is 6.79. The lowest BCUT2D eigenvalue weighted by Crippen LogP contribution is -2.50. The minimum atomic E-state index is -1.03. The van der Waals surface area contributed by atoms with Crippen molar-refractivity contribution in [2.75, 3.05) is 0 Å². The molecule has 2 aromatic heterocycles. The van der Waals surface area contributed by atoms with Crippen molar-refractivity contribution in [2.24, 2.45) is 0 Å². The van der Waals surface area contributed by atoms with Crippen LogP contribution in [0.15, 0.2) is 82.1 Å². The highest BCUT2D eigenvalue weighted by atomic mass is 16.4. The highest BCUT2D eigenvalue weighted by Gasteiger charge is 2.40. The van der Waals surface area contributed by atoms with Crippen molar-refractivity contribution < 1.29 is 14.3 Å². The lowest BCUT2D eigenvalue weighted by molar-refractivity contribution is 0.144. The van der Waals surface area contributed by atoms with E-state index in [1.807, 2.05) is 60.7 Å². The van der Waals surface area contributed by atoms with Crippen LogP contribution in [0.2, 0.25) is 0 Å². The summed E-state index contributed by atoms with van der Waals surface area (Å²) in [5.74, 6) is 0.488. The topological polar surface area (TPSA) is 108 Å². The highest BCUT2D eigenvalue weighted by molar-refractivity contribution is 6.04. The second-order valence-corrected chi connectivity index (χ2v) is 8.72. The number of amides is 1. The number of nitrogens with one attached hydrogen (secondary N) is 2. The summed E-state index contributed by atoms with van der Waals surface area (Å²) in [6.07, 6.45) is 3.11. The lowest BCUT2D eigenvalue weighted by atomic mass is 9.71. The minimum Gasteiger partial charge on any atom is -0.465 e. The van der Waals surface area contributed by atoms with E-state index in [2.05, 4.69) is 15.5 Å². The van der Waals surface area contributed by atoms with Gasteiger partial charge in [0.25, 0.3) is 0 Å². The predicted octanol–water partition coefficient (Wildman–Crippen LogP) is 5.65. The number of aromatic amines is 1. The van der Waals surface area contributed by atoms with Crippen LogP contribution >= 0.6 is 0 Å². The summed E-state index contributed by atoms with van der Waals surface area (Å²) in [6.45, 7) is 0. The molecule has 3 N–H and O–H groups in total. The van der Waals surface area contributed by atoms with Crippen molar-refractivity contribution in [2.45, 2.75) is 24.8 Å². The van der Waals surface area contributed by atoms with Gasteiger partial charge >= 0.3 is 6.09 Å². The molecule has 1 saturated carbocycles. The summed E-state index contributed by atoms with van der Waals surface area (Å²) in [6, 6.07) is 20.7.